The second-order valence-electron chi connectivity index (χ2n) is 8.97. The van der Waals surface area contributed by atoms with Gasteiger partial charge >= 0.3 is 0 Å². The topological polar surface area (TPSA) is 92.3 Å². The Morgan fingerprint density at radius 3 is 2.59 bits per heavy atom. The van der Waals surface area contributed by atoms with E-state index >= 15 is 0 Å². The Morgan fingerprint density at radius 1 is 1.06 bits per heavy atom. The fourth-order valence-corrected chi connectivity index (χ4v) is 4.32. The number of hydrogen-bond donors (Lipinski definition) is 2. The maximum absolute atomic E-state index is 11.7. The van der Waals surface area contributed by atoms with Gasteiger partial charge in [0.2, 0.25) is 17.8 Å². The van der Waals surface area contributed by atoms with Gasteiger partial charge in [-0.15, -0.1) is 0 Å². The van der Waals surface area contributed by atoms with Crippen molar-refractivity contribution in [3.8, 4) is 0 Å². The number of anilines is 4. The zero-order chi connectivity index (χ0) is 23.3. The van der Waals surface area contributed by atoms with Gasteiger partial charge < -0.3 is 20.3 Å². The highest BCUT2D eigenvalue weighted by molar-refractivity contribution is 5.90. The highest BCUT2D eigenvalue weighted by Crippen LogP contribution is 2.44. The van der Waals surface area contributed by atoms with Crippen molar-refractivity contribution in [2.75, 3.05) is 28.6 Å². The van der Waals surface area contributed by atoms with Gasteiger partial charge in [-0.2, -0.15) is 4.98 Å². The largest absolute Gasteiger partial charge is 0.373 e. The molecule has 5 rings (SSSR count). The molecule has 0 spiro atoms. The van der Waals surface area contributed by atoms with Crippen LogP contribution in [0.4, 0.5) is 23.3 Å². The third-order valence-electron chi connectivity index (χ3n) is 6.25. The second-order valence-corrected chi connectivity index (χ2v) is 8.97. The first-order valence-electron chi connectivity index (χ1n) is 11.9. The van der Waals surface area contributed by atoms with Gasteiger partial charge in [0.05, 0.1) is 12.7 Å². The van der Waals surface area contributed by atoms with Gasteiger partial charge in [-0.3, -0.25) is 4.79 Å². The molecule has 1 saturated heterocycles. The minimum Gasteiger partial charge on any atom is -0.373 e. The monoisotopic (exact) mass is 458 g/mol. The van der Waals surface area contributed by atoms with Crippen LogP contribution < -0.4 is 15.5 Å². The van der Waals surface area contributed by atoms with Crippen LogP contribution in [0.3, 0.4) is 0 Å². The molecule has 8 heteroatoms. The molecule has 8 nitrogen and oxygen atoms in total. The van der Waals surface area contributed by atoms with Crippen LogP contribution in [0.25, 0.3) is 0 Å². The summed E-state index contributed by atoms with van der Waals surface area (Å²) >= 11 is 0. The van der Waals surface area contributed by atoms with Crippen molar-refractivity contribution < 1.29 is 9.53 Å². The summed E-state index contributed by atoms with van der Waals surface area (Å²) in [5, 5.41) is 6.22. The summed E-state index contributed by atoms with van der Waals surface area (Å²) in [5.41, 5.74) is 4.07. The Balaban J connectivity index is 1.19. The highest BCUT2D eigenvalue weighted by atomic mass is 16.5. The molecule has 1 amide bonds. The number of ether oxygens (including phenoxy) is 1. The Hall–Kier alpha value is -3.52. The molecule has 34 heavy (non-hydrogen) atoms. The number of hydrogen-bond acceptors (Lipinski definition) is 7. The zero-order valence-corrected chi connectivity index (χ0v) is 19.4. The standard InChI is InChI=1S/C26H30N6O2/c1-18(33)29-24-15-21(9-10-23(24)20-7-8-20)30-25-27-17-28-26(31-25)32-13-11-22(12-14-32)34-16-19-5-3-2-4-6-19/h2-6,9-10,15,17,20,22H,7-8,11-14,16H2,1H3,(H,29,33)(H,27,28,30,31). The van der Waals surface area contributed by atoms with E-state index in [1.807, 2.05) is 30.3 Å². The van der Waals surface area contributed by atoms with E-state index in [9.17, 15) is 4.79 Å². The number of amides is 1. The highest BCUT2D eigenvalue weighted by Gasteiger charge is 2.26. The first-order chi connectivity index (χ1) is 16.6. The van der Waals surface area contributed by atoms with Crippen molar-refractivity contribution in [1.82, 2.24) is 15.0 Å². The number of carbonyl (C=O) groups excluding carboxylic acids is 1. The lowest BCUT2D eigenvalue weighted by atomic mass is 10.1. The summed E-state index contributed by atoms with van der Waals surface area (Å²) < 4.78 is 6.10. The summed E-state index contributed by atoms with van der Waals surface area (Å²) in [6.45, 7) is 3.85. The molecule has 2 fully saturated rings. The van der Waals surface area contributed by atoms with Gasteiger partial charge in [0, 0.05) is 31.4 Å². The van der Waals surface area contributed by atoms with Crippen LogP contribution in [0.15, 0.2) is 54.9 Å². The molecule has 3 aromatic rings. The molecule has 0 unspecified atom stereocenters. The van der Waals surface area contributed by atoms with Gasteiger partial charge in [0.25, 0.3) is 0 Å². The molecule has 0 atom stereocenters. The minimum absolute atomic E-state index is 0.0716. The van der Waals surface area contributed by atoms with Crippen LogP contribution >= 0.6 is 0 Å². The third kappa shape index (κ3) is 5.69. The predicted octanol–water partition coefficient (Wildman–Crippen LogP) is 4.64. The van der Waals surface area contributed by atoms with E-state index in [2.05, 4.69) is 48.7 Å². The maximum Gasteiger partial charge on any atom is 0.231 e. The number of carbonyl (C=O) groups is 1. The molecule has 0 radical (unpaired) electrons. The van der Waals surface area contributed by atoms with Crippen LogP contribution in [0, 0.1) is 0 Å². The lowest BCUT2D eigenvalue weighted by Gasteiger charge is -2.31. The number of nitrogens with zero attached hydrogens (tertiary/aromatic N) is 4. The van der Waals surface area contributed by atoms with Gasteiger partial charge in [0.1, 0.15) is 6.33 Å². The maximum atomic E-state index is 11.7. The Labute approximate surface area is 199 Å². The second kappa shape index (κ2) is 10.2. The van der Waals surface area contributed by atoms with E-state index in [4.69, 9.17) is 4.74 Å². The van der Waals surface area contributed by atoms with E-state index in [-0.39, 0.29) is 12.0 Å². The number of nitrogens with one attached hydrogen (secondary N) is 2. The first-order valence-corrected chi connectivity index (χ1v) is 11.9. The van der Waals surface area contributed by atoms with Crippen LogP contribution in [0.2, 0.25) is 0 Å². The number of benzene rings is 2. The average molecular weight is 459 g/mol. The van der Waals surface area contributed by atoms with Crippen molar-refractivity contribution in [2.24, 2.45) is 0 Å². The summed E-state index contributed by atoms with van der Waals surface area (Å²) in [4.78, 5) is 27.2. The van der Waals surface area contributed by atoms with Crippen molar-refractivity contribution in [2.45, 2.75) is 51.2 Å². The molecular formula is C26H30N6O2. The summed E-state index contributed by atoms with van der Waals surface area (Å²) in [7, 11) is 0. The van der Waals surface area contributed by atoms with Crippen LogP contribution in [-0.4, -0.2) is 40.1 Å². The van der Waals surface area contributed by atoms with Gasteiger partial charge in [-0.05, 0) is 54.9 Å². The molecule has 176 valence electrons. The molecule has 1 saturated carbocycles. The number of aromatic nitrogens is 3. The lowest BCUT2D eigenvalue weighted by molar-refractivity contribution is -0.114. The minimum atomic E-state index is -0.0716. The van der Waals surface area contributed by atoms with E-state index in [1.54, 1.807) is 0 Å². The molecule has 1 aliphatic heterocycles. The fourth-order valence-electron chi connectivity index (χ4n) is 4.32. The van der Waals surface area contributed by atoms with E-state index in [0.29, 0.717) is 24.4 Å². The Kier molecular flexibility index (Phi) is 6.67. The van der Waals surface area contributed by atoms with E-state index in [0.717, 1.165) is 37.3 Å². The predicted molar refractivity (Wildman–Crippen MR) is 132 cm³/mol. The molecular weight excluding hydrogens is 428 g/mol. The van der Waals surface area contributed by atoms with Crippen molar-refractivity contribution in [3.63, 3.8) is 0 Å². The average Bonchev–Trinajstić information content (AvgIpc) is 3.69. The van der Waals surface area contributed by atoms with Crippen molar-refractivity contribution in [1.29, 1.82) is 0 Å². The smallest absolute Gasteiger partial charge is 0.231 e. The van der Waals surface area contributed by atoms with E-state index in [1.165, 1.54) is 37.2 Å². The van der Waals surface area contributed by atoms with Crippen LogP contribution in [-0.2, 0) is 16.1 Å². The third-order valence-corrected chi connectivity index (χ3v) is 6.25. The van der Waals surface area contributed by atoms with Gasteiger partial charge in [-0.25, -0.2) is 9.97 Å². The SMILES string of the molecule is CC(=O)Nc1cc(Nc2ncnc(N3CCC(OCc4ccccc4)CC3)n2)ccc1C1CC1. The first kappa shape index (κ1) is 22.3. The van der Waals surface area contributed by atoms with Gasteiger partial charge in [0.15, 0.2) is 0 Å². The quantitative estimate of drug-likeness (QED) is 0.508. The number of piperidine rings is 1. The Morgan fingerprint density at radius 2 is 1.85 bits per heavy atom. The molecule has 2 aliphatic rings. The molecule has 2 aromatic carbocycles. The summed E-state index contributed by atoms with van der Waals surface area (Å²) in [6, 6.07) is 16.3. The number of rotatable bonds is 8. The Bertz CT molecular complexity index is 1130. The molecule has 2 N–H and O–H groups in total. The van der Waals surface area contributed by atoms with Crippen molar-refractivity contribution >= 4 is 29.2 Å². The van der Waals surface area contributed by atoms with Gasteiger partial charge in [-0.1, -0.05) is 36.4 Å². The van der Waals surface area contributed by atoms with E-state index < -0.39 is 0 Å². The van der Waals surface area contributed by atoms with Crippen LogP contribution in [0.5, 0.6) is 0 Å². The fraction of sp³-hybridized carbons (Fsp3) is 0.385. The molecule has 1 aromatic heterocycles. The summed E-state index contributed by atoms with van der Waals surface area (Å²) in [6.07, 6.45) is 5.99. The molecule has 2 heterocycles. The summed E-state index contributed by atoms with van der Waals surface area (Å²) in [5.74, 6) is 1.62. The van der Waals surface area contributed by atoms with Crippen LogP contribution in [0.1, 0.15) is 49.7 Å². The molecule has 1 aliphatic carbocycles. The lowest BCUT2D eigenvalue weighted by Crippen LogP contribution is -2.38. The molecule has 0 bridgehead atoms. The normalized spacial score (nSPS) is 16.3. The van der Waals surface area contributed by atoms with Crippen molar-refractivity contribution in [3.05, 3.63) is 66.0 Å². The zero-order valence-electron chi connectivity index (χ0n) is 19.4.